The largest absolute Gasteiger partial charge is 0.347 e. The van der Waals surface area contributed by atoms with Gasteiger partial charge in [0.2, 0.25) is 0 Å². The zero-order valence-electron chi connectivity index (χ0n) is 13.0. The molecule has 1 fully saturated rings. The summed E-state index contributed by atoms with van der Waals surface area (Å²) in [5.41, 5.74) is -1.15. The van der Waals surface area contributed by atoms with Crippen molar-refractivity contribution in [1.29, 1.82) is 0 Å². The predicted octanol–water partition coefficient (Wildman–Crippen LogP) is 2.58. The molecule has 1 aliphatic heterocycles. The third-order valence-electron chi connectivity index (χ3n) is 3.51. The lowest BCUT2D eigenvalue weighted by atomic mass is 10.0. The summed E-state index contributed by atoms with van der Waals surface area (Å²) in [6.07, 6.45) is -0.117. The molecule has 0 atom stereocenters. The number of benzene rings is 1. The summed E-state index contributed by atoms with van der Waals surface area (Å²) in [5.74, 6) is -0.816. The molecule has 0 saturated carbocycles. The van der Waals surface area contributed by atoms with Crippen LogP contribution in [-0.2, 0) is 23.8 Å². The lowest BCUT2D eigenvalue weighted by Crippen LogP contribution is -2.49. The number of ether oxygens (including phenoxy) is 2. The van der Waals surface area contributed by atoms with E-state index >= 15 is 0 Å². The van der Waals surface area contributed by atoms with Gasteiger partial charge in [-0.2, -0.15) is 8.42 Å². The van der Waals surface area contributed by atoms with E-state index in [4.69, 9.17) is 13.7 Å². The Morgan fingerprint density at radius 1 is 1.23 bits per heavy atom. The van der Waals surface area contributed by atoms with Gasteiger partial charge >= 0.3 is 0 Å². The molecular weight excluding hydrogens is 311 g/mol. The van der Waals surface area contributed by atoms with Crippen LogP contribution in [0.5, 0.6) is 0 Å². The Labute approximate surface area is 130 Å². The van der Waals surface area contributed by atoms with Crippen molar-refractivity contribution in [3.8, 4) is 0 Å². The van der Waals surface area contributed by atoms with Crippen LogP contribution in [0.1, 0.15) is 25.8 Å². The van der Waals surface area contributed by atoms with E-state index in [1.165, 1.54) is 6.07 Å². The molecule has 2 rings (SSSR count). The molecule has 7 heteroatoms. The number of halogens is 1. The van der Waals surface area contributed by atoms with Crippen LogP contribution in [0.15, 0.2) is 29.2 Å². The molecule has 1 heterocycles. The number of hydrogen-bond donors (Lipinski definition) is 0. The normalized spacial score (nSPS) is 20.7. The molecule has 0 spiro atoms. The molecule has 0 aromatic heterocycles. The first-order valence-electron chi connectivity index (χ1n) is 7.06. The lowest BCUT2D eigenvalue weighted by molar-refractivity contribution is -0.288. The minimum Gasteiger partial charge on any atom is -0.347 e. The predicted molar refractivity (Wildman–Crippen MR) is 78.8 cm³/mol. The molecule has 22 heavy (non-hydrogen) atoms. The maximum Gasteiger partial charge on any atom is 0.297 e. The number of rotatable bonds is 5. The molecular formula is C15H21FO5S. The molecule has 0 N–H and O–H groups in total. The monoisotopic (exact) mass is 332 g/mol. The van der Waals surface area contributed by atoms with Crippen LogP contribution < -0.4 is 0 Å². The van der Waals surface area contributed by atoms with Gasteiger partial charge in [0, 0.05) is 6.42 Å². The van der Waals surface area contributed by atoms with E-state index in [1.54, 1.807) is 39.0 Å². The molecule has 0 aliphatic carbocycles. The number of alkyl halides is 1. The van der Waals surface area contributed by atoms with E-state index in [1.807, 2.05) is 0 Å². The quantitative estimate of drug-likeness (QED) is 0.776. The standard InChI is InChI=1S/C15H21FO5S/c1-12-6-4-5-7-13(12)22(17,18)21-9-8-15(16)10-19-14(2,3)20-11-15/h4-7H,8-11H2,1-3H3. The summed E-state index contributed by atoms with van der Waals surface area (Å²) in [6, 6.07) is 6.50. The van der Waals surface area contributed by atoms with Crippen molar-refractivity contribution < 1.29 is 26.5 Å². The first-order valence-corrected chi connectivity index (χ1v) is 8.46. The van der Waals surface area contributed by atoms with Crippen LogP contribution >= 0.6 is 0 Å². The van der Waals surface area contributed by atoms with E-state index in [2.05, 4.69) is 0 Å². The zero-order valence-corrected chi connectivity index (χ0v) is 13.8. The van der Waals surface area contributed by atoms with Crippen LogP contribution in [0.3, 0.4) is 0 Å². The smallest absolute Gasteiger partial charge is 0.297 e. The summed E-state index contributed by atoms with van der Waals surface area (Å²) in [5, 5.41) is 0. The molecule has 0 bridgehead atoms. The van der Waals surface area contributed by atoms with Crippen LogP contribution in [0.4, 0.5) is 4.39 Å². The minimum atomic E-state index is -3.89. The fourth-order valence-corrected chi connectivity index (χ4v) is 3.21. The summed E-state index contributed by atoms with van der Waals surface area (Å²) in [4.78, 5) is 0.0974. The van der Waals surface area contributed by atoms with Gasteiger partial charge < -0.3 is 9.47 Å². The van der Waals surface area contributed by atoms with Gasteiger partial charge in [-0.05, 0) is 32.4 Å². The zero-order chi connectivity index (χ0) is 16.4. The van der Waals surface area contributed by atoms with Crippen molar-refractivity contribution in [1.82, 2.24) is 0 Å². The van der Waals surface area contributed by atoms with E-state index in [9.17, 15) is 12.8 Å². The van der Waals surface area contributed by atoms with Gasteiger partial charge in [0.15, 0.2) is 11.5 Å². The highest BCUT2D eigenvalue weighted by molar-refractivity contribution is 7.86. The summed E-state index contributed by atoms with van der Waals surface area (Å²) >= 11 is 0. The number of hydrogen-bond acceptors (Lipinski definition) is 5. The first kappa shape index (κ1) is 17.3. The Balaban J connectivity index is 1.92. The van der Waals surface area contributed by atoms with Crippen molar-refractivity contribution in [2.75, 3.05) is 19.8 Å². The van der Waals surface area contributed by atoms with Gasteiger partial charge in [-0.15, -0.1) is 0 Å². The van der Waals surface area contributed by atoms with Crippen LogP contribution in [-0.4, -0.2) is 39.7 Å². The van der Waals surface area contributed by atoms with Crippen molar-refractivity contribution >= 4 is 10.1 Å². The Morgan fingerprint density at radius 3 is 2.41 bits per heavy atom. The van der Waals surface area contributed by atoms with Crippen LogP contribution in [0.2, 0.25) is 0 Å². The minimum absolute atomic E-state index is 0.0974. The first-order chi connectivity index (χ1) is 10.1. The fraction of sp³-hybridized carbons (Fsp3) is 0.600. The highest BCUT2D eigenvalue weighted by atomic mass is 32.2. The average Bonchev–Trinajstić information content (AvgIpc) is 2.43. The molecule has 0 amide bonds. The summed E-state index contributed by atoms with van der Waals surface area (Å²) in [6.45, 7) is 4.52. The van der Waals surface area contributed by atoms with Gasteiger partial charge in [0.25, 0.3) is 10.1 Å². The van der Waals surface area contributed by atoms with Crippen molar-refractivity contribution in [3.63, 3.8) is 0 Å². The fourth-order valence-electron chi connectivity index (χ4n) is 2.07. The molecule has 1 aliphatic rings. The van der Waals surface area contributed by atoms with Crippen molar-refractivity contribution in [2.24, 2.45) is 0 Å². The third-order valence-corrected chi connectivity index (χ3v) is 4.98. The summed E-state index contributed by atoms with van der Waals surface area (Å²) in [7, 11) is -3.89. The Morgan fingerprint density at radius 2 is 1.82 bits per heavy atom. The Hall–Kier alpha value is -1.02. The van der Waals surface area contributed by atoms with E-state index in [-0.39, 0.29) is 31.1 Å². The van der Waals surface area contributed by atoms with Gasteiger partial charge in [0.05, 0.1) is 24.7 Å². The van der Waals surface area contributed by atoms with Crippen molar-refractivity contribution in [3.05, 3.63) is 29.8 Å². The topological polar surface area (TPSA) is 61.8 Å². The molecule has 1 saturated heterocycles. The second-order valence-corrected chi connectivity index (χ2v) is 7.50. The molecule has 1 aromatic rings. The maximum atomic E-state index is 14.4. The van der Waals surface area contributed by atoms with Gasteiger partial charge in [0.1, 0.15) is 0 Å². The average molecular weight is 332 g/mol. The lowest BCUT2D eigenvalue weighted by Gasteiger charge is -2.38. The highest BCUT2D eigenvalue weighted by Crippen LogP contribution is 2.29. The molecule has 0 radical (unpaired) electrons. The second-order valence-electron chi connectivity index (χ2n) is 5.92. The Kier molecular flexibility index (Phi) is 4.91. The SMILES string of the molecule is Cc1ccccc1S(=O)(=O)OCCC1(F)COC(C)(C)OC1. The Bertz CT molecular complexity index is 617. The van der Waals surface area contributed by atoms with E-state index in [0.717, 1.165) is 0 Å². The molecule has 0 unspecified atom stereocenters. The molecule has 1 aromatic carbocycles. The summed E-state index contributed by atoms with van der Waals surface area (Å²) < 4.78 is 54.1. The number of aryl methyl sites for hydroxylation is 1. The maximum absolute atomic E-state index is 14.4. The molecule has 5 nitrogen and oxygen atoms in total. The molecule has 124 valence electrons. The highest BCUT2D eigenvalue weighted by Gasteiger charge is 2.40. The van der Waals surface area contributed by atoms with Crippen LogP contribution in [0, 0.1) is 6.92 Å². The van der Waals surface area contributed by atoms with Crippen molar-refractivity contribution in [2.45, 2.75) is 43.5 Å². The van der Waals surface area contributed by atoms with Crippen LogP contribution in [0.25, 0.3) is 0 Å². The van der Waals surface area contributed by atoms with Gasteiger partial charge in [-0.25, -0.2) is 4.39 Å². The van der Waals surface area contributed by atoms with Gasteiger partial charge in [-0.3, -0.25) is 4.18 Å². The third kappa shape index (κ3) is 4.25. The van der Waals surface area contributed by atoms with E-state index in [0.29, 0.717) is 5.56 Å². The van der Waals surface area contributed by atoms with E-state index < -0.39 is 21.6 Å². The second kappa shape index (κ2) is 6.23. The van der Waals surface area contributed by atoms with Gasteiger partial charge in [-0.1, -0.05) is 18.2 Å².